The second-order valence-corrected chi connectivity index (χ2v) is 4.67. The van der Waals surface area contributed by atoms with Crippen LogP contribution in [0.4, 0.5) is 4.79 Å². The van der Waals surface area contributed by atoms with Gasteiger partial charge in [-0.05, 0) is 6.42 Å². The normalized spacial score (nSPS) is 28.1. The summed E-state index contributed by atoms with van der Waals surface area (Å²) in [5.41, 5.74) is 0. The Morgan fingerprint density at radius 3 is 2.65 bits per heavy atom. The smallest absolute Gasteiger partial charge is 0.410 e. The number of Topliss-reactive ketones (excluding diaryl/α,β-unsaturated/α-hetero) is 1. The molecule has 0 saturated carbocycles. The van der Waals surface area contributed by atoms with Crippen molar-refractivity contribution in [1.29, 1.82) is 0 Å². The molecule has 2 rings (SSSR count). The predicted molar refractivity (Wildman–Crippen MR) is 60.7 cm³/mol. The van der Waals surface area contributed by atoms with Crippen LogP contribution in [-0.2, 0) is 14.3 Å². The lowest BCUT2D eigenvalue weighted by Gasteiger charge is -2.44. The first-order chi connectivity index (χ1) is 8.22. The number of ether oxygens (including phenoxy) is 2. The Morgan fingerprint density at radius 2 is 2.06 bits per heavy atom. The monoisotopic (exact) mass is 241 g/mol. The molecule has 5 heteroatoms. The van der Waals surface area contributed by atoms with Gasteiger partial charge in [0, 0.05) is 12.8 Å². The van der Waals surface area contributed by atoms with Crippen LogP contribution >= 0.6 is 0 Å². The summed E-state index contributed by atoms with van der Waals surface area (Å²) in [5, 5.41) is 0. The zero-order valence-electron chi connectivity index (χ0n) is 10.2. The number of amides is 1. The van der Waals surface area contributed by atoms with Crippen LogP contribution in [0.25, 0.3) is 0 Å². The van der Waals surface area contributed by atoms with Crippen molar-refractivity contribution >= 4 is 11.9 Å². The highest BCUT2D eigenvalue weighted by atomic mass is 16.6. The van der Waals surface area contributed by atoms with Gasteiger partial charge in [0.2, 0.25) is 0 Å². The molecule has 2 heterocycles. The van der Waals surface area contributed by atoms with Gasteiger partial charge in [0.25, 0.3) is 0 Å². The van der Waals surface area contributed by atoms with Crippen LogP contribution in [0.2, 0.25) is 0 Å². The molecule has 96 valence electrons. The molecule has 0 radical (unpaired) electrons. The fourth-order valence-electron chi connectivity index (χ4n) is 2.40. The van der Waals surface area contributed by atoms with E-state index in [9.17, 15) is 9.59 Å². The summed E-state index contributed by atoms with van der Waals surface area (Å²) in [4.78, 5) is 25.1. The molecule has 0 aliphatic carbocycles. The van der Waals surface area contributed by atoms with E-state index >= 15 is 0 Å². The zero-order valence-corrected chi connectivity index (χ0v) is 10.2. The molecule has 0 spiro atoms. The van der Waals surface area contributed by atoms with Crippen molar-refractivity contribution in [3.63, 3.8) is 0 Å². The number of fused-ring (bicyclic) bond motifs is 2. The van der Waals surface area contributed by atoms with E-state index in [4.69, 9.17) is 9.47 Å². The minimum atomic E-state index is -0.288. The highest BCUT2D eigenvalue weighted by Crippen LogP contribution is 2.26. The van der Waals surface area contributed by atoms with E-state index in [2.05, 4.69) is 6.92 Å². The number of carbonyl (C=O) groups is 2. The van der Waals surface area contributed by atoms with Crippen molar-refractivity contribution in [3.05, 3.63) is 0 Å². The molecule has 0 aromatic carbocycles. The first kappa shape index (κ1) is 12.4. The van der Waals surface area contributed by atoms with Crippen LogP contribution in [0.1, 0.15) is 32.6 Å². The van der Waals surface area contributed by atoms with Crippen LogP contribution in [0, 0.1) is 0 Å². The highest BCUT2D eigenvalue weighted by Gasteiger charge is 2.41. The van der Waals surface area contributed by atoms with Gasteiger partial charge in [0.05, 0.1) is 31.9 Å². The Labute approximate surface area is 101 Å². The van der Waals surface area contributed by atoms with E-state index in [1.165, 1.54) is 0 Å². The highest BCUT2D eigenvalue weighted by molar-refractivity contribution is 5.83. The number of nitrogens with zero attached hydrogens (tertiary/aromatic N) is 1. The average molecular weight is 241 g/mol. The Balaban J connectivity index is 1.94. The average Bonchev–Trinajstić information content (AvgIpc) is 2.27. The number of hydrogen-bond donors (Lipinski definition) is 0. The summed E-state index contributed by atoms with van der Waals surface area (Å²) in [6, 6.07) is -0.242. The minimum Gasteiger partial charge on any atom is -0.449 e. The van der Waals surface area contributed by atoms with Crippen molar-refractivity contribution in [2.45, 2.75) is 44.7 Å². The van der Waals surface area contributed by atoms with E-state index < -0.39 is 0 Å². The molecule has 0 N–H and O–H groups in total. The lowest BCUT2D eigenvalue weighted by molar-refractivity contribution is -0.133. The molecule has 2 aliphatic rings. The number of piperidine rings is 1. The molecule has 2 unspecified atom stereocenters. The number of unbranched alkanes of at least 4 members (excludes halogenated alkanes) is 1. The minimum absolute atomic E-state index is 0.121. The SMILES string of the molecule is CCCCOC(=O)N1C2COCC1CC(=O)C2. The van der Waals surface area contributed by atoms with E-state index in [1.807, 2.05) is 0 Å². The summed E-state index contributed by atoms with van der Waals surface area (Å²) in [6.45, 7) is 3.41. The molecule has 2 aliphatic heterocycles. The van der Waals surface area contributed by atoms with Crippen LogP contribution < -0.4 is 0 Å². The Kier molecular flexibility index (Phi) is 3.99. The first-order valence-electron chi connectivity index (χ1n) is 6.27. The van der Waals surface area contributed by atoms with Gasteiger partial charge in [-0.15, -0.1) is 0 Å². The third-order valence-corrected chi connectivity index (χ3v) is 3.27. The standard InChI is InChI=1S/C12H19NO4/c1-2-3-4-17-12(15)13-9-5-11(14)6-10(13)8-16-7-9/h9-10H,2-8H2,1H3. The lowest BCUT2D eigenvalue weighted by atomic mass is 9.94. The lowest BCUT2D eigenvalue weighted by Crippen LogP contribution is -2.59. The molecule has 2 bridgehead atoms. The molecule has 2 atom stereocenters. The van der Waals surface area contributed by atoms with Crippen molar-refractivity contribution in [2.24, 2.45) is 0 Å². The van der Waals surface area contributed by atoms with E-state index in [1.54, 1.807) is 4.90 Å². The predicted octanol–water partition coefficient (Wildman–Crippen LogP) is 1.36. The summed E-state index contributed by atoms with van der Waals surface area (Å²) >= 11 is 0. The van der Waals surface area contributed by atoms with E-state index in [0.29, 0.717) is 32.7 Å². The Morgan fingerprint density at radius 1 is 1.41 bits per heavy atom. The number of ketones is 1. The van der Waals surface area contributed by atoms with Gasteiger partial charge < -0.3 is 9.47 Å². The maximum Gasteiger partial charge on any atom is 0.410 e. The van der Waals surface area contributed by atoms with Crippen molar-refractivity contribution < 1.29 is 19.1 Å². The van der Waals surface area contributed by atoms with Crippen LogP contribution in [0.3, 0.4) is 0 Å². The third kappa shape index (κ3) is 2.77. The third-order valence-electron chi connectivity index (χ3n) is 3.27. The molecule has 5 nitrogen and oxygen atoms in total. The largest absolute Gasteiger partial charge is 0.449 e. The van der Waals surface area contributed by atoms with E-state index in [0.717, 1.165) is 12.8 Å². The van der Waals surface area contributed by atoms with Crippen LogP contribution in [0.15, 0.2) is 0 Å². The fourth-order valence-corrected chi connectivity index (χ4v) is 2.40. The molecule has 1 amide bonds. The van der Waals surface area contributed by atoms with Gasteiger partial charge in [-0.1, -0.05) is 13.3 Å². The van der Waals surface area contributed by atoms with Gasteiger partial charge in [0.15, 0.2) is 0 Å². The zero-order chi connectivity index (χ0) is 12.3. The van der Waals surface area contributed by atoms with Crippen molar-refractivity contribution in [3.8, 4) is 0 Å². The fraction of sp³-hybridized carbons (Fsp3) is 0.833. The molecular weight excluding hydrogens is 222 g/mol. The number of hydrogen-bond acceptors (Lipinski definition) is 4. The summed E-state index contributed by atoms with van der Waals surface area (Å²) in [7, 11) is 0. The first-order valence-corrected chi connectivity index (χ1v) is 6.27. The van der Waals surface area contributed by atoms with Gasteiger partial charge in [-0.2, -0.15) is 0 Å². The Bertz CT molecular complexity index is 289. The maximum atomic E-state index is 11.9. The number of carbonyl (C=O) groups excluding carboxylic acids is 2. The number of rotatable bonds is 3. The van der Waals surface area contributed by atoms with Crippen molar-refractivity contribution in [2.75, 3.05) is 19.8 Å². The maximum absolute atomic E-state index is 11.9. The molecule has 2 fully saturated rings. The van der Waals surface area contributed by atoms with Crippen LogP contribution in [-0.4, -0.2) is 48.7 Å². The molecule has 17 heavy (non-hydrogen) atoms. The topological polar surface area (TPSA) is 55.8 Å². The summed E-state index contributed by atoms with van der Waals surface area (Å²) < 4.78 is 10.6. The van der Waals surface area contributed by atoms with Gasteiger partial charge in [-0.25, -0.2) is 4.79 Å². The van der Waals surface area contributed by atoms with Gasteiger partial charge in [0.1, 0.15) is 5.78 Å². The summed E-state index contributed by atoms with van der Waals surface area (Å²) in [5.74, 6) is 0.223. The second kappa shape index (κ2) is 5.49. The van der Waals surface area contributed by atoms with Crippen LogP contribution in [0.5, 0.6) is 0 Å². The van der Waals surface area contributed by atoms with Gasteiger partial charge >= 0.3 is 6.09 Å². The molecule has 0 aromatic heterocycles. The number of morpholine rings is 1. The molecule has 2 saturated heterocycles. The van der Waals surface area contributed by atoms with Gasteiger partial charge in [-0.3, -0.25) is 9.69 Å². The quantitative estimate of drug-likeness (QED) is 0.700. The van der Waals surface area contributed by atoms with Crippen molar-refractivity contribution in [1.82, 2.24) is 4.90 Å². The second-order valence-electron chi connectivity index (χ2n) is 4.67. The Hall–Kier alpha value is -1.10. The van der Waals surface area contributed by atoms with E-state index in [-0.39, 0.29) is 24.0 Å². The summed E-state index contributed by atoms with van der Waals surface area (Å²) in [6.07, 6.45) is 2.40. The molecule has 0 aromatic rings. The molecular formula is C12H19NO4.